The van der Waals surface area contributed by atoms with Crippen LogP contribution in [0.2, 0.25) is 0 Å². The van der Waals surface area contributed by atoms with Gasteiger partial charge in [-0.2, -0.15) is 4.37 Å². The van der Waals surface area contributed by atoms with Gasteiger partial charge < -0.3 is 30.3 Å². The molecule has 0 aliphatic carbocycles. The van der Waals surface area contributed by atoms with Crippen molar-refractivity contribution in [1.29, 1.82) is 0 Å². The van der Waals surface area contributed by atoms with Crippen molar-refractivity contribution in [1.82, 2.24) is 19.5 Å². The van der Waals surface area contributed by atoms with Crippen LogP contribution in [0, 0.1) is 11.6 Å². The van der Waals surface area contributed by atoms with E-state index in [0.717, 1.165) is 62.8 Å². The Morgan fingerprint density at radius 1 is 1.24 bits per heavy atom. The summed E-state index contributed by atoms with van der Waals surface area (Å²) in [5, 5.41) is 5.33. The summed E-state index contributed by atoms with van der Waals surface area (Å²) in [4.78, 5) is 28.8. The number of benzene rings is 1. The van der Waals surface area contributed by atoms with E-state index in [9.17, 15) is 18.4 Å². The van der Waals surface area contributed by atoms with E-state index in [1.807, 2.05) is 0 Å². The van der Waals surface area contributed by atoms with Crippen LogP contribution in [-0.4, -0.2) is 79.5 Å². The van der Waals surface area contributed by atoms with Crippen molar-refractivity contribution in [2.75, 3.05) is 58.7 Å². The number of hydrogen-bond acceptors (Lipinski definition) is 8. The van der Waals surface area contributed by atoms with E-state index in [1.54, 1.807) is 0 Å². The van der Waals surface area contributed by atoms with Crippen LogP contribution in [0.25, 0.3) is 0 Å². The molecule has 0 atom stereocenters. The number of urea groups is 1. The number of methoxy groups -OCH3 is 1. The van der Waals surface area contributed by atoms with Crippen molar-refractivity contribution >= 4 is 28.5 Å². The number of nitrogens with one attached hydrogen (secondary N) is 2. The first-order valence-electron chi connectivity index (χ1n) is 10.7. The Morgan fingerprint density at radius 3 is 2.65 bits per heavy atom. The van der Waals surface area contributed by atoms with Crippen LogP contribution < -0.4 is 25.8 Å². The molecule has 2 aromatic rings. The van der Waals surface area contributed by atoms with E-state index in [0.29, 0.717) is 6.54 Å². The summed E-state index contributed by atoms with van der Waals surface area (Å²) in [5.74, 6) is -3.05. The summed E-state index contributed by atoms with van der Waals surface area (Å²) in [6.45, 7) is 4.80. The molecule has 1 aliphatic heterocycles. The number of hydrogen-bond donors (Lipinski definition) is 3. The number of carbonyl (C=O) groups is 2. The summed E-state index contributed by atoms with van der Waals surface area (Å²) < 4.78 is 42.5. The van der Waals surface area contributed by atoms with Gasteiger partial charge in [0, 0.05) is 32.7 Å². The smallest absolute Gasteiger partial charge is 0.319 e. The van der Waals surface area contributed by atoms with Gasteiger partial charge in [-0.15, -0.1) is 0 Å². The van der Waals surface area contributed by atoms with Gasteiger partial charge in [-0.3, -0.25) is 10.1 Å². The van der Waals surface area contributed by atoms with Gasteiger partial charge in [0.05, 0.1) is 12.7 Å². The van der Waals surface area contributed by atoms with Crippen molar-refractivity contribution in [3.05, 3.63) is 34.9 Å². The average Bonchev–Trinajstić information content (AvgIpc) is 3.20. The summed E-state index contributed by atoms with van der Waals surface area (Å²) in [7, 11) is 3.34. The lowest BCUT2D eigenvalue weighted by atomic mass is 10.2. The highest BCUT2D eigenvalue weighted by Crippen LogP contribution is 2.31. The molecule has 0 unspecified atom stereocenters. The molecular weight excluding hydrogens is 470 g/mol. The van der Waals surface area contributed by atoms with Gasteiger partial charge in [-0.05, 0) is 43.7 Å². The molecule has 1 aliphatic rings. The molecule has 0 bridgehead atoms. The van der Waals surface area contributed by atoms with Gasteiger partial charge in [0.15, 0.2) is 11.6 Å². The molecule has 3 rings (SSSR count). The predicted molar refractivity (Wildman–Crippen MR) is 123 cm³/mol. The molecule has 1 fully saturated rings. The quantitative estimate of drug-likeness (QED) is 0.428. The van der Waals surface area contributed by atoms with E-state index in [4.69, 9.17) is 15.2 Å². The first-order chi connectivity index (χ1) is 16.3. The third kappa shape index (κ3) is 6.52. The number of halogens is 2. The summed E-state index contributed by atoms with van der Waals surface area (Å²) >= 11 is 0.773. The number of carbonyl (C=O) groups excluding carboxylic acids is 2. The van der Waals surface area contributed by atoms with E-state index >= 15 is 0 Å². The van der Waals surface area contributed by atoms with Crippen LogP contribution in [0.5, 0.6) is 11.6 Å². The number of rotatable bonds is 10. The molecule has 0 saturated carbocycles. The topological polar surface area (TPSA) is 122 Å². The maximum Gasteiger partial charge on any atom is 0.319 e. The first kappa shape index (κ1) is 25.6. The zero-order chi connectivity index (χ0) is 24.7. The van der Waals surface area contributed by atoms with Crippen molar-refractivity contribution in [3.8, 4) is 11.6 Å². The van der Waals surface area contributed by atoms with E-state index in [1.165, 1.54) is 7.11 Å². The molecule has 1 saturated heterocycles. The summed E-state index contributed by atoms with van der Waals surface area (Å²) in [6, 6.07) is 1.66. The number of anilines is 1. The van der Waals surface area contributed by atoms with Gasteiger partial charge in [-0.1, -0.05) is 0 Å². The molecule has 0 radical (unpaired) electrons. The highest BCUT2D eigenvalue weighted by Gasteiger charge is 2.23. The number of piperazine rings is 1. The Bertz CT molecular complexity index is 1010. The molecule has 4 N–H and O–H groups in total. The highest BCUT2D eigenvalue weighted by molar-refractivity contribution is 7.11. The number of likely N-dealkylation sites (N-methyl/N-ethyl adjacent to an activating group) is 1. The molecule has 34 heavy (non-hydrogen) atoms. The Kier molecular flexibility index (Phi) is 8.96. The number of amides is 3. The Hall–Kier alpha value is -3.03. The first-order valence-corrected chi connectivity index (χ1v) is 11.5. The maximum absolute atomic E-state index is 14.3. The summed E-state index contributed by atoms with van der Waals surface area (Å²) in [5.41, 5.74) is 4.85. The lowest BCUT2D eigenvalue weighted by Gasteiger charge is -2.32. The zero-order valence-electron chi connectivity index (χ0n) is 19.0. The van der Waals surface area contributed by atoms with Gasteiger partial charge in [0.1, 0.15) is 23.0 Å². The van der Waals surface area contributed by atoms with Crippen molar-refractivity contribution in [2.24, 2.45) is 5.73 Å². The fourth-order valence-electron chi connectivity index (χ4n) is 3.41. The molecule has 10 nitrogen and oxygen atoms in total. The van der Waals surface area contributed by atoms with Crippen LogP contribution in [0.1, 0.15) is 22.3 Å². The van der Waals surface area contributed by atoms with Gasteiger partial charge in [-0.25, -0.2) is 13.6 Å². The van der Waals surface area contributed by atoms with E-state index < -0.39 is 35.7 Å². The average molecular weight is 499 g/mol. The Morgan fingerprint density at radius 2 is 1.97 bits per heavy atom. The minimum Gasteiger partial charge on any atom is -0.494 e. The molecule has 2 heterocycles. The van der Waals surface area contributed by atoms with E-state index in [-0.39, 0.29) is 22.2 Å². The third-order valence-corrected chi connectivity index (χ3v) is 6.14. The number of ether oxygens (including phenoxy) is 2. The number of aromatic nitrogens is 1. The second kappa shape index (κ2) is 11.9. The largest absolute Gasteiger partial charge is 0.494 e. The lowest BCUT2D eigenvalue weighted by Crippen LogP contribution is -2.45. The molecule has 1 aromatic heterocycles. The van der Waals surface area contributed by atoms with Crippen molar-refractivity contribution in [3.63, 3.8) is 0 Å². The molecular formula is C21H28F2N6O4S. The maximum atomic E-state index is 14.3. The molecule has 186 valence electrons. The third-order valence-electron chi connectivity index (χ3n) is 5.39. The highest BCUT2D eigenvalue weighted by atomic mass is 32.1. The molecule has 13 heteroatoms. The zero-order valence-corrected chi connectivity index (χ0v) is 19.8. The second-order valence-corrected chi connectivity index (χ2v) is 8.54. The van der Waals surface area contributed by atoms with Crippen LogP contribution in [0.3, 0.4) is 0 Å². The van der Waals surface area contributed by atoms with Crippen molar-refractivity contribution in [2.45, 2.75) is 13.0 Å². The van der Waals surface area contributed by atoms with Crippen LogP contribution in [0.4, 0.5) is 18.6 Å². The number of nitrogens with zero attached hydrogens (tertiary/aromatic N) is 3. The normalized spacial score (nSPS) is 14.6. The molecule has 3 amide bonds. The minimum atomic E-state index is -0.923. The van der Waals surface area contributed by atoms with Gasteiger partial charge >= 0.3 is 6.03 Å². The fraction of sp³-hybridized carbons (Fsp3) is 0.476. The fourth-order valence-corrected chi connectivity index (χ4v) is 4.14. The lowest BCUT2D eigenvalue weighted by molar-refractivity contribution is 0.0996. The Balaban J connectivity index is 1.54. The molecule has 1 aromatic carbocycles. The van der Waals surface area contributed by atoms with Gasteiger partial charge in [0.25, 0.3) is 5.91 Å². The van der Waals surface area contributed by atoms with Gasteiger partial charge in [0.2, 0.25) is 5.88 Å². The predicted octanol–water partition coefficient (Wildman–Crippen LogP) is 1.87. The monoisotopic (exact) mass is 498 g/mol. The van der Waals surface area contributed by atoms with E-state index in [2.05, 4.69) is 31.9 Å². The Labute approximate surface area is 200 Å². The minimum absolute atomic E-state index is 0.0747. The molecule has 0 spiro atoms. The van der Waals surface area contributed by atoms with Crippen molar-refractivity contribution < 1.29 is 27.8 Å². The standard InChI is InChI=1S/C21H28F2N6O4S/c1-28-8-10-29(11-9-28)7-3-6-25-21(31)26-20-16(18(24)30)19(27-34-20)33-12-13-14(22)4-5-15(32-2)17(13)23/h4-5H,3,6-12H2,1-2H3,(H2,24,30)(H2,25,26,31). The second-order valence-electron chi connectivity index (χ2n) is 7.77. The van der Waals surface area contributed by atoms with Crippen LogP contribution in [-0.2, 0) is 6.61 Å². The van der Waals surface area contributed by atoms with Crippen LogP contribution >= 0.6 is 11.5 Å². The SMILES string of the molecule is COc1ccc(F)c(COc2nsc(NC(=O)NCCCN3CCN(C)CC3)c2C(N)=O)c1F. The number of primary amides is 1. The van der Waals surface area contributed by atoms with Crippen LogP contribution in [0.15, 0.2) is 12.1 Å². The number of nitrogens with two attached hydrogens (primary N) is 1. The summed E-state index contributed by atoms with van der Waals surface area (Å²) in [6.07, 6.45) is 0.772.